The fourth-order valence-electron chi connectivity index (χ4n) is 1.10. The summed E-state index contributed by atoms with van der Waals surface area (Å²) in [6.45, 7) is 2.05. The Bertz CT molecular complexity index is 397. The van der Waals surface area contributed by atoms with Gasteiger partial charge in [0.2, 0.25) is 0 Å². The molecular formula is C8H9N3O. The fourth-order valence-corrected chi connectivity index (χ4v) is 1.10. The van der Waals surface area contributed by atoms with Crippen LogP contribution >= 0.6 is 0 Å². The molecule has 0 aromatic carbocycles. The van der Waals surface area contributed by atoms with E-state index in [0.29, 0.717) is 11.7 Å². The van der Waals surface area contributed by atoms with Crippen molar-refractivity contribution >= 4 is 12.3 Å². The van der Waals surface area contributed by atoms with Crippen molar-refractivity contribution in [1.82, 2.24) is 14.8 Å². The molecular weight excluding hydrogens is 154 g/mol. The molecule has 1 atom stereocenters. The average Bonchev–Trinajstić information content (AvgIpc) is 2.28. The third kappa shape index (κ3) is 1.01. The molecule has 0 spiro atoms. The quantitative estimate of drug-likeness (QED) is 0.612. The van der Waals surface area contributed by atoms with Gasteiger partial charge in [-0.3, -0.25) is 4.57 Å². The van der Waals surface area contributed by atoms with Gasteiger partial charge in [-0.15, -0.1) is 0 Å². The van der Waals surface area contributed by atoms with Gasteiger partial charge in [0.15, 0.2) is 5.82 Å². The Morgan fingerprint density at radius 3 is 3.25 bits per heavy atom. The number of H-pyrrole nitrogens is 1. The van der Waals surface area contributed by atoms with E-state index in [4.69, 9.17) is 0 Å². The first-order valence-corrected chi connectivity index (χ1v) is 3.81. The zero-order chi connectivity index (χ0) is 8.55. The number of nitrogens with zero attached hydrogens (tertiary/aromatic N) is 2. The van der Waals surface area contributed by atoms with Crippen molar-refractivity contribution in [3.05, 3.63) is 28.5 Å². The highest BCUT2D eigenvalue weighted by molar-refractivity contribution is 5.48. The monoisotopic (exact) mass is 163 g/mol. The summed E-state index contributed by atoms with van der Waals surface area (Å²) in [5.41, 5.74) is -0.194. The zero-order valence-electron chi connectivity index (χ0n) is 6.69. The number of aromatic amines is 1. The largest absolute Gasteiger partial charge is 0.347 e. The van der Waals surface area contributed by atoms with Crippen molar-refractivity contribution < 1.29 is 0 Å². The van der Waals surface area contributed by atoms with Crippen LogP contribution in [0.2, 0.25) is 0 Å². The van der Waals surface area contributed by atoms with E-state index >= 15 is 0 Å². The topological polar surface area (TPSA) is 50.7 Å². The third-order valence-electron chi connectivity index (χ3n) is 1.82. The molecule has 0 radical (unpaired) electrons. The Kier molecular flexibility index (Phi) is 1.46. The van der Waals surface area contributed by atoms with E-state index in [2.05, 4.69) is 10.2 Å². The summed E-state index contributed by atoms with van der Waals surface area (Å²) in [6.07, 6.45) is 7.52. The number of rotatable bonds is 0. The molecule has 0 amide bonds. The van der Waals surface area contributed by atoms with Gasteiger partial charge < -0.3 is 0 Å². The lowest BCUT2D eigenvalue weighted by molar-refractivity contribution is 0.943. The van der Waals surface area contributed by atoms with Crippen molar-refractivity contribution in [2.75, 3.05) is 0 Å². The second-order valence-corrected chi connectivity index (χ2v) is 2.82. The van der Waals surface area contributed by atoms with Crippen LogP contribution in [0, 0.1) is 5.92 Å². The van der Waals surface area contributed by atoms with Gasteiger partial charge >= 0.3 is 5.69 Å². The van der Waals surface area contributed by atoms with Gasteiger partial charge in [-0.1, -0.05) is 19.1 Å². The van der Waals surface area contributed by atoms with Crippen molar-refractivity contribution in [3.8, 4) is 0 Å². The number of nitrogens with one attached hydrogen (secondary N) is 1. The summed E-state index contributed by atoms with van der Waals surface area (Å²) < 4.78 is 1.49. The zero-order valence-corrected chi connectivity index (χ0v) is 6.69. The first-order valence-electron chi connectivity index (χ1n) is 3.81. The number of allylic oxidation sites excluding steroid dienone is 2. The van der Waals surface area contributed by atoms with Gasteiger partial charge in [0.25, 0.3) is 0 Å². The SMILES string of the molecule is CC1C=Cc2n[nH]c(=O)n2C=C1. The van der Waals surface area contributed by atoms with Gasteiger partial charge in [-0.2, -0.15) is 5.10 Å². The summed E-state index contributed by atoms with van der Waals surface area (Å²) in [4.78, 5) is 11.1. The van der Waals surface area contributed by atoms with Gasteiger partial charge in [-0.05, 0) is 12.0 Å². The molecule has 2 rings (SSSR count). The molecule has 0 bridgehead atoms. The molecule has 1 aliphatic rings. The summed E-state index contributed by atoms with van der Waals surface area (Å²) in [5.74, 6) is 1.01. The van der Waals surface area contributed by atoms with Crippen molar-refractivity contribution in [3.63, 3.8) is 0 Å². The number of hydrogen-bond donors (Lipinski definition) is 1. The Morgan fingerprint density at radius 2 is 2.42 bits per heavy atom. The molecule has 12 heavy (non-hydrogen) atoms. The summed E-state index contributed by atoms with van der Waals surface area (Å²) in [5, 5.41) is 6.21. The second kappa shape index (κ2) is 2.48. The molecule has 0 aliphatic carbocycles. The summed E-state index contributed by atoms with van der Waals surface area (Å²) in [7, 11) is 0. The normalized spacial score (nSPS) is 20.6. The lowest BCUT2D eigenvalue weighted by atomic mass is 10.2. The van der Waals surface area contributed by atoms with Gasteiger partial charge in [0, 0.05) is 6.20 Å². The molecule has 1 aromatic heterocycles. The Hall–Kier alpha value is -1.58. The highest BCUT2D eigenvalue weighted by Crippen LogP contribution is 2.08. The minimum absolute atomic E-state index is 0.194. The predicted molar refractivity (Wildman–Crippen MR) is 46.4 cm³/mol. The molecule has 1 aromatic rings. The lowest BCUT2D eigenvalue weighted by Gasteiger charge is -1.91. The molecule has 0 saturated heterocycles. The molecule has 4 nitrogen and oxygen atoms in total. The maximum Gasteiger partial charge on any atom is 0.347 e. The van der Waals surface area contributed by atoms with E-state index in [-0.39, 0.29) is 5.69 Å². The van der Waals surface area contributed by atoms with Crippen LogP contribution in [0.1, 0.15) is 12.7 Å². The van der Waals surface area contributed by atoms with Gasteiger partial charge in [0.05, 0.1) is 0 Å². The molecule has 0 saturated carbocycles. The maximum atomic E-state index is 11.1. The highest BCUT2D eigenvalue weighted by Gasteiger charge is 2.05. The van der Waals surface area contributed by atoms with Crippen molar-refractivity contribution in [2.45, 2.75) is 6.92 Å². The van der Waals surface area contributed by atoms with Crippen LogP contribution in [0.5, 0.6) is 0 Å². The molecule has 1 aliphatic heterocycles. The summed E-state index contributed by atoms with van der Waals surface area (Å²) in [6, 6.07) is 0. The average molecular weight is 163 g/mol. The van der Waals surface area contributed by atoms with Crippen molar-refractivity contribution in [1.29, 1.82) is 0 Å². The van der Waals surface area contributed by atoms with E-state index < -0.39 is 0 Å². The van der Waals surface area contributed by atoms with Crippen LogP contribution in [-0.4, -0.2) is 14.8 Å². The lowest BCUT2D eigenvalue weighted by Crippen LogP contribution is -2.11. The molecule has 2 heterocycles. The minimum Gasteiger partial charge on any atom is -0.251 e. The third-order valence-corrected chi connectivity index (χ3v) is 1.82. The fraction of sp³-hybridized carbons (Fsp3) is 0.250. The predicted octanol–water partition coefficient (Wildman–Crippen LogP) is 0.705. The summed E-state index contributed by atoms with van der Waals surface area (Å²) >= 11 is 0. The van der Waals surface area contributed by atoms with E-state index in [1.165, 1.54) is 4.57 Å². The van der Waals surface area contributed by atoms with Crippen molar-refractivity contribution in [2.24, 2.45) is 5.92 Å². The molecule has 1 N–H and O–H groups in total. The van der Waals surface area contributed by atoms with Crippen LogP contribution in [0.15, 0.2) is 16.9 Å². The number of aromatic nitrogens is 3. The standard InChI is InChI=1S/C8H9N3O/c1-6-2-3-7-9-10-8(12)11(7)5-4-6/h2-6H,1H3,(H,10,12). The van der Waals surface area contributed by atoms with Crippen LogP contribution in [0.4, 0.5) is 0 Å². The van der Waals surface area contributed by atoms with Crippen LogP contribution in [0.25, 0.3) is 12.3 Å². The first-order chi connectivity index (χ1) is 5.77. The highest BCUT2D eigenvalue weighted by atomic mass is 16.1. The van der Waals surface area contributed by atoms with Gasteiger partial charge in [-0.25, -0.2) is 9.89 Å². The minimum atomic E-state index is -0.194. The van der Waals surface area contributed by atoms with E-state index in [1.807, 2.05) is 25.2 Å². The Labute approximate surface area is 69.2 Å². The Balaban J connectivity index is 2.61. The van der Waals surface area contributed by atoms with E-state index in [9.17, 15) is 4.79 Å². The number of fused-ring (bicyclic) bond motifs is 1. The number of hydrogen-bond acceptors (Lipinski definition) is 2. The van der Waals surface area contributed by atoms with Crippen LogP contribution in [-0.2, 0) is 0 Å². The van der Waals surface area contributed by atoms with Crippen LogP contribution < -0.4 is 5.69 Å². The van der Waals surface area contributed by atoms with E-state index in [0.717, 1.165) is 0 Å². The molecule has 62 valence electrons. The second-order valence-electron chi connectivity index (χ2n) is 2.82. The molecule has 0 fully saturated rings. The Morgan fingerprint density at radius 1 is 1.58 bits per heavy atom. The molecule has 1 unspecified atom stereocenters. The van der Waals surface area contributed by atoms with Gasteiger partial charge in [0.1, 0.15) is 0 Å². The van der Waals surface area contributed by atoms with Crippen LogP contribution in [0.3, 0.4) is 0 Å². The smallest absolute Gasteiger partial charge is 0.251 e. The van der Waals surface area contributed by atoms with E-state index in [1.54, 1.807) is 6.20 Å². The molecule has 4 heteroatoms. The first kappa shape index (κ1) is 7.09. The maximum absolute atomic E-state index is 11.1.